The predicted molar refractivity (Wildman–Crippen MR) is 77.4 cm³/mol. The molecule has 0 aliphatic heterocycles. The van der Waals surface area contributed by atoms with Gasteiger partial charge < -0.3 is 9.15 Å². The minimum Gasteiger partial charge on any atom is -0.492 e. The summed E-state index contributed by atoms with van der Waals surface area (Å²) in [7, 11) is 0. The Balaban J connectivity index is 1.75. The van der Waals surface area contributed by atoms with Crippen LogP contribution in [0.25, 0.3) is 11.1 Å². The molecule has 0 atom stereocenters. The van der Waals surface area contributed by atoms with Crippen LogP contribution < -0.4 is 10.5 Å². The van der Waals surface area contributed by atoms with E-state index in [-0.39, 0.29) is 12.4 Å². The second-order valence-corrected chi connectivity index (χ2v) is 4.87. The van der Waals surface area contributed by atoms with Crippen molar-refractivity contribution in [2.24, 2.45) is 0 Å². The van der Waals surface area contributed by atoms with E-state index in [1.54, 1.807) is 18.2 Å². The highest BCUT2D eigenvalue weighted by molar-refractivity contribution is 6.31. The zero-order valence-corrected chi connectivity index (χ0v) is 11.6. The van der Waals surface area contributed by atoms with Gasteiger partial charge in [-0.25, -0.2) is 9.18 Å². The summed E-state index contributed by atoms with van der Waals surface area (Å²) in [6, 6.07) is 10.7. The van der Waals surface area contributed by atoms with Crippen LogP contribution in [0.2, 0.25) is 5.02 Å². The molecule has 0 saturated heterocycles. The summed E-state index contributed by atoms with van der Waals surface area (Å²) in [4.78, 5) is 11.8. The molecule has 0 saturated carbocycles. The molecule has 2 aromatic carbocycles. The molecule has 0 bridgehead atoms. The smallest absolute Gasteiger partial charge is 0.420 e. The average Bonchev–Trinajstić information content (AvgIpc) is 2.76. The van der Waals surface area contributed by atoms with Gasteiger partial charge in [0, 0.05) is 11.1 Å². The Bertz CT molecular complexity index is 823. The van der Waals surface area contributed by atoms with Crippen LogP contribution in [0.1, 0.15) is 0 Å². The summed E-state index contributed by atoms with van der Waals surface area (Å²) < 4.78 is 24.8. The van der Waals surface area contributed by atoms with Crippen molar-refractivity contribution in [1.82, 2.24) is 4.57 Å². The number of benzene rings is 2. The first-order chi connectivity index (χ1) is 10.1. The SMILES string of the molecule is O=c1oc2cc(Cl)ccc2n1CCOc1ccc(F)cc1. The fourth-order valence-corrected chi connectivity index (χ4v) is 2.20. The summed E-state index contributed by atoms with van der Waals surface area (Å²) in [5.74, 6) is -0.244. The average molecular weight is 308 g/mol. The lowest BCUT2D eigenvalue weighted by Gasteiger charge is -2.06. The summed E-state index contributed by atoms with van der Waals surface area (Å²) >= 11 is 5.85. The van der Waals surface area contributed by atoms with Crippen LogP contribution in [0.4, 0.5) is 4.39 Å². The molecule has 108 valence electrons. The molecule has 6 heteroatoms. The molecular formula is C15H11ClFNO3. The summed E-state index contributed by atoms with van der Waals surface area (Å²) in [6.45, 7) is 0.591. The molecule has 0 amide bonds. The number of rotatable bonds is 4. The van der Waals surface area contributed by atoms with Crippen molar-refractivity contribution in [3.05, 3.63) is 63.9 Å². The first-order valence-corrected chi connectivity index (χ1v) is 6.68. The predicted octanol–water partition coefficient (Wildman–Crippen LogP) is 3.47. The molecule has 0 unspecified atom stereocenters. The molecule has 21 heavy (non-hydrogen) atoms. The highest BCUT2D eigenvalue weighted by Crippen LogP contribution is 2.18. The number of hydrogen-bond donors (Lipinski definition) is 0. The first-order valence-electron chi connectivity index (χ1n) is 6.31. The topological polar surface area (TPSA) is 44.4 Å². The van der Waals surface area contributed by atoms with Crippen molar-refractivity contribution < 1.29 is 13.5 Å². The van der Waals surface area contributed by atoms with Gasteiger partial charge in [0.2, 0.25) is 0 Å². The summed E-state index contributed by atoms with van der Waals surface area (Å²) in [5, 5.41) is 0.506. The second kappa shape index (κ2) is 5.61. The zero-order chi connectivity index (χ0) is 14.8. The van der Waals surface area contributed by atoms with E-state index in [1.165, 1.54) is 28.8 Å². The maximum atomic E-state index is 12.8. The van der Waals surface area contributed by atoms with Crippen LogP contribution in [0.5, 0.6) is 5.75 Å². The highest BCUT2D eigenvalue weighted by atomic mass is 35.5. The summed E-state index contributed by atoms with van der Waals surface area (Å²) in [6.07, 6.45) is 0. The van der Waals surface area contributed by atoms with Gasteiger partial charge in [0.05, 0.1) is 12.1 Å². The van der Waals surface area contributed by atoms with Crippen molar-refractivity contribution >= 4 is 22.7 Å². The Kier molecular flexibility index (Phi) is 3.66. The van der Waals surface area contributed by atoms with Gasteiger partial charge in [-0.3, -0.25) is 4.57 Å². The fraction of sp³-hybridized carbons (Fsp3) is 0.133. The van der Waals surface area contributed by atoms with Crippen LogP contribution in [0, 0.1) is 5.82 Å². The quantitative estimate of drug-likeness (QED) is 0.741. The third-order valence-corrected chi connectivity index (χ3v) is 3.26. The maximum Gasteiger partial charge on any atom is 0.420 e. The number of halogens is 2. The Hall–Kier alpha value is -2.27. The number of hydrogen-bond acceptors (Lipinski definition) is 3. The molecule has 3 aromatic rings. The standard InChI is InChI=1S/C15H11ClFNO3/c16-10-1-6-13-14(9-10)21-15(19)18(13)7-8-20-12-4-2-11(17)3-5-12/h1-6,9H,7-8H2. The number of fused-ring (bicyclic) bond motifs is 1. The minimum absolute atomic E-state index is 0.267. The van der Waals surface area contributed by atoms with Crippen LogP contribution in [-0.4, -0.2) is 11.2 Å². The van der Waals surface area contributed by atoms with Gasteiger partial charge in [0.25, 0.3) is 0 Å². The van der Waals surface area contributed by atoms with Gasteiger partial charge in [0.15, 0.2) is 5.58 Å². The Morgan fingerprint density at radius 2 is 1.95 bits per heavy atom. The van der Waals surface area contributed by atoms with Gasteiger partial charge in [-0.05, 0) is 36.4 Å². The molecule has 0 aliphatic carbocycles. The lowest BCUT2D eigenvalue weighted by atomic mass is 10.3. The van der Waals surface area contributed by atoms with Crippen molar-refractivity contribution in [3.8, 4) is 5.75 Å². The van der Waals surface area contributed by atoms with Crippen LogP contribution in [0.3, 0.4) is 0 Å². The normalized spacial score (nSPS) is 11.0. The van der Waals surface area contributed by atoms with Crippen molar-refractivity contribution in [1.29, 1.82) is 0 Å². The number of ether oxygens (including phenoxy) is 1. The Morgan fingerprint density at radius 3 is 2.71 bits per heavy atom. The molecule has 1 heterocycles. The van der Waals surface area contributed by atoms with Gasteiger partial charge in [-0.2, -0.15) is 0 Å². The van der Waals surface area contributed by atoms with Crippen LogP contribution in [0.15, 0.2) is 51.7 Å². The van der Waals surface area contributed by atoms with E-state index in [0.29, 0.717) is 28.4 Å². The summed E-state index contributed by atoms with van der Waals surface area (Å²) in [5.41, 5.74) is 1.10. The van der Waals surface area contributed by atoms with Crippen LogP contribution in [-0.2, 0) is 6.54 Å². The number of aromatic nitrogens is 1. The third-order valence-electron chi connectivity index (χ3n) is 3.03. The molecule has 0 aliphatic rings. The molecular weight excluding hydrogens is 297 g/mol. The number of nitrogens with zero attached hydrogens (tertiary/aromatic N) is 1. The second-order valence-electron chi connectivity index (χ2n) is 4.43. The van der Waals surface area contributed by atoms with Crippen molar-refractivity contribution in [2.45, 2.75) is 6.54 Å². The third kappa shape index (κ3) is 2.92. The molecule has 3 rings (SSSR count). The Labute approximate surface area is 124 Å². The van der Waals surface area contributed by atoms with E-state index in [4.69, 9.17) is 20.8 Å². The van der Waals surface area contributed by atoms with Crippen molar-refractivity contribution in [2.75, 3.05) is 6.61 Å². The fourth-order valence-electron chi connectivity index (χ4n) is 2.04. The van der Waals surface area contributed by atoms with E-state index in [2.05, 4.69) is 0 Å². The van der Waals surface area contributed by atoms with Crippen LogP contribution >= 0.6 is 11.6 Å². The zero-order valence-electron chi connectivity index (χ0n) is 10.9. The van der Waals surface area contributed by atoms with E-state index in [9.17, 15) is 9.18 Å². The molecule has 1 aromatic heterocycles. The molecule has 0 radical (unpaired) electrons. The monoisotopic (exact) mass is 307 g/mol. The van der Waals surface area contributed by atoms with Crippen molar-refractivity contribution in [3.63, 3.8) is 0 Å². The van der Waals surface area contributed by atoms with E-state index in [0.717, 1.165) is 0 Å². The highest BCUT2D eigenvalue weighted by Gasteiger charge is 2.09. The van der Waals surface area contributed by atoms with Gasteiger partial charge >= 0.3 is 5.76 Å². The van der Waals surface area contributed by atoms with Gasteiger partial charge in [0.1, 0.15) is 18.2 Å². The van der Waals surface area contributed by atoms with E-state index in [1.807, 2.05) is 0 Å². The molecule has 0 fully saturated rings. The maximum absolute atomic E-state index is 12.8. The number of oxazole rings is 1. The van der Waals surface area contributed by atoms with E-state index >= 15 is 0 Å². The minimum atomic E-state index is -0.463. The Morgan fingerprint density at radius 1 is 1.19 bits per heavy atom. The first kappa shape index (κ1) is 13.7. The molecule has 4 nitrogen and oxygen atoms in total. The largest absolute Gasteiger partial charge is 0.492 e. The van der Waals surface area contributed by atoms with E-state index < -0.39 is 5.76 Å². The van der Waals surface area contributed by atoms with Gasteiger partial charge in [-0.1, -0.05) is 11.6 Å². The lowest BCUT2D eigenvalue weighted by molar-refractivity contribution is 0.294. The van der Waals surface area contributed by atoms with Gasteiger partial charge in [-0.15, -0.1) is 0 Å². The molecule has 0 spiro atoms. The lowest BCUT2D eigenvalue weighted by Crippen LogP contribution is -2.18. The molecule has 0 N–H and O–H groups in total.